The van der Waals surface area contributed by atoms with Crippen molar-refractivity contribution in [1.29, 1.82) is 0 Å². The lowest BCUT2D eigenvalue weighted by Gasteiger charge is -2.16. The highest BCUT2D eigenvalue weighted by Crippen LogP contribution is 2.36. The number of benzene rings is 2. The molecule has 102 valence electrons. The Balaban J connectivity index is 2.13. The predicted molar refractivity (Wildman–Crippen MR) is 83.3 cm³/mol. The zero-order valence-electron chi connectivity index (χ0n) is 11.0. The summed E-state index contributed by atoms with van der Waals surface area (Å²) < 4.78 is 6.30. The van der Waals surface area contributed by atoms with Crippen molar-refractivity contribution in [3.05, 3.63) is 59.0 Å². The molecule has 0 fully saturated rings. The number of anilines is 1. The average molecular weight is 285 g/mol. The lowest BCUT2D eigenvalue weighted by molar-refractivity contribution is 0.222. The number of nitrogen functional groups attached to an aromatic ring is 1. The molecule has 0 spiro atoms. The summed E-state index contributed by atoms with van der Waals surface area (Å²) in [6, 6.07) is 13.4. The first-order valence-corrected chi connectivity index (χ1v) is 7.17. The van der Waals surface area contributed by atoms with E-state index in [-0.39, 0.29) is 0 Å². The Morgan fingerprint density at radius 2 is 1.85 bits per heavy atom. The van der Waals surface area contributed by atoms with E-state index in [2.05, 4.69) is 0 Å². The molecular weight excluding hydrogens is 270 g/mol. The number of hydrogen-bond acceptors (Lipinski definition) is 4. The fourth-order valence-electron chi connectivity index (χ4n) is 2.38. The summed E-state index contributed by atoms with van der Waals surface area (Å²) in [5.41, 5.74) is 8.10. The van der Waals surface area contributed by atoms with Gasteiger partial charge in [0.2, 0.25) is 0 Å². The first-order valence-electron chi connectivity index (χ1n) is 6.29. The van der Waals surface area contributed by atoms with Crippen LogP contribution in [0.15, 0.2) is 47.8 Å². The molecule has 3 rings (SSSR count). The Kier molecular flexibility index (Phi) is 3.34. The number of aliphatic hydroxyl groups excluding tert-OH is 1. The Morgan fingerprint density at radius 3 is 2.65 bits per heavy atom. The van der Waals surface area contributed by atoms with E-state index in [1.165, 1.54) is 0 Å². The molecule has 0 saturated carbocycles. The quantitative estimate of drug-likeness (QED) is 0.723. The van der Waals surface area contributed by atoms with E-state index in [4.69, 9.17) is 10.5 Å². The van der Waals surface area contributed by atoms with Crippen LogP contribution in [0.3, 0.4) is 0 Å². The van der Waals surface area contributed by atoms with Gasteiger partial charge in [-0.15, -0.1) is 11.3 Å². The molecule has 1 unspecified atom stereocenters. The topological polar surface area (TPSA) is 55.5 Å². The molecule has 3 aromatic rings. The maximum Gasteiger partial charge on any atom is 0.142 e. The molecule has 4 heteroatoms. The Labute approximate surface area is 121 Å². The van der Waals surface area contributed by atoms with Gasteiger partial charge < -0.3 is 15.6 Å². The van der Waals surface area contributed by atoms with Crippen molar-refractivity contribution in [3.8, 4) is 5.75 Å². The Hall–Kier alpha value is -2.04. The normalized spacial score (nSPS) is 12.5. The minimum absolute atomic E-state index is 0.482. The van der Waals surface area contributed by atoms with E-state index >= 15 is 0 Å². The maximum absolute atomic E-state index is 10.7. The number of nitrogens with two attached hydrogens (primary N) is 1. The minimum atomic E-state index is -0.757. The van der Waals surface area contributed by atoms with E-state index in [1.54, 1.807) is 24.5 Å². The number of rotatable bonds is 3. The van der Waals surface area contributed by atoms with Crippen LogP contribution < -0.4 is 10.5 Å². The van der Waals surface area contributed by atoms with Crippen molar-refractivity contribution < 1.29 is 9.84 Å². The van der Waals surface area contributed by atoms with Crippen LogP contribution in [0.1, 0.15) is 17.2 Å². The molecule has 0 aliphatic carbocycles. The van der Waals surface area contributed by atoms with Crippen LogP contribution in [-0.2, 0) is 0 Å². The Morgan fingerprint density at radius 1 is 1.10 bits per heavy atom. The summed E-state index contributed by atoms with van der Waals surface area (Å²) in [7, 11) is 1.57. The van der Waals surface area contributed by atoms with Gasteiger partial charge >= 0.3 is 0 Å². The predicted octanol–water partition coefficient (Wildman–Crippen LogP) is 3.57. The molecule has 3 nitrogen and oxygen atoms in total. The zero-order valence-corrected chi connectivity index (χ0v) is 11.9. The third kappa shape index (κ3) is 2.03. The standard InChI is InChI=1S/C16H15NO2S/c1-19-13-7-3-5-11(14(13)17)15(18)12-6-2-4-10-8-9-20-16(10)12/h2-9,15,18H,17H2,1H3. The molecule has 0 bridgehead atoms. The van der Waals surface area contributed by atoms with Gasteiger partial charge in [0.1, 0.15) is 11.9 Å². The van der Waals surface area contributed by atoms with Crippen molar-refractivity contribution in [2.75, 3.05) is 12.8 Å². The number of methoxy groups -OCH3 is 1. The fraction of sp³-hybridized carbons (Fsp3) is 0.125. The molecular formula is C16H15NO2S. The van der Waals surface area contributed by atoms with Gasteiger partial charge in [0, 0.05) is 15.8 Å². The summed E-state index contributed by atoms with van der Waals surface area (Å²) in [4.78, 5) is 0. The summed E-state index contributed by atoms with van der Waals surface area (Å²) in [5, 5.41) is 13.8. The molecule has 2 aromatic carbocycles. The Bertz CT molecular complexity index is 751. The van der Waals surface area contributed by atoms with E-state index in [1.807, 2.05) is 41.8 Å². The number of thiophene rings is 1. The van der Waals surface area contributed by atoms with Gasteiger partial charge in [0.15, 0.2) is 0 Å². The molecule has 0 saturated heterocycles. The van der Waals surface area contributed by atoms with Gasteiger partial charge in [0.05, 0.1) is 12.8 Å². The van der Waals surface area contributed by atoms with E-state index in [9.17, 15) is 5.11 Å². The summed E-state index contributed by atoms with van der Waals surface area (Å²) >= 11 is 1.62. The van der Waals surface area contributed by atoms with Crippen LogP contribution in [0.5, 0.6) is 5.75 Å². The number of ether oxygens (including phenoxy) is 1. The number of fused-ring (bicyclic) bond motifs is 1. The summed E-state index contributed by atoms with van der Waals surface area (Å²) in [5.74, 6) is 0.583. The fourth-order valence-corrected chi connectivity index (χ4v) is 3.32. The van der Waals surface area contributed by atoms with Crippen molar-refractivity contribution in [1.82, 2.24) is 0 Å². The average Bonchev–Trinajstić information content (AvgIpc) is 2.95. The zero-order chi connectivity index (χ0) is 14.1. The minimum Gasteiger partial charge on any atom is -0.495 e. The highest BCUT2D eigenvalue weighted by Gasteiger charge is 2.18. The lowest BCUT2D eigenvalue weighted by Crippen LogP contribution is -2.05. The van der Waals surface area contributed by atoms with Crippen LogP contribution in [0.4, 0.5) is 5.69 Å². The van der Waals surface area contributed by atoms with Crippen LogP contribution >= 0.6 is 11.3 Å². The molecule has 0 amide bonds. The molecule has 3 N–H and O–H groups in total. The second-order valence-electron chi connectivity index (χ2n) is 4.55. The SMILES string of the molecule is COc1cccc(C(O)c2cccc3ccsc23)c1N. The van der Waals surface area contributed by atoms with Crippen LogP contribution in [0.25, 0.3) is 10.1 Å². The summed E-state index contributed by atoms with van der Waals surface area (Å²) in [6.45, 7) is 0. The van der Waals surface area contributed by atoms with E-state index < -0.39 is 6.10 Å². The van der Waals surface area contributed by atoms with Gasteiger partial charge in [-0.3, -0.25) is 0 Å². The maximum atomic E-state index is 10.7. The molecule has 0 radical (unpaired) electrons. The molecule has 0 aliphatic rings. The van der Waals surface area contributed by atoms with Crippen LogP contribution in [-0.4, -0.2) is 12.2 Å². The third-order valence-corrected chi connectivity index (χ3v) is 4.40. The molecule has 1 heterocycles. The second kappa shape index (κ2) is 5.15. The molecule has 20 heavy (non-hydrogen) atoms. The molecule has 0 aliphatic heterocycles. The van der Waals surface area contributed by atoms with E-state index in [0.29, 0.717) is 17.0 Å². The van der Waals surface area contributed by atoms with Gasteiger partial charge in [0.25, 0.3) is 0 Å². The third-order valence-electron chi connectivity index (χ3n) is 3.42. The highest BCUT2D eigenvalue weighted by atomic mass is 32.1. The second-order valence-corrected chi connectivity index (χ2v) is 5.47. The first kappa shape index (κ1) is 13.0. The lowest BCUT2D eigenvalue weighted by atomic mass is 9.98. The van der Waals surface area contributed by atoms with Gasteiger partial charge in [-0.1, -0.05) is 30.3 Å². The summed E-state index contributed by atoms with van der Waals surface area (Å²) in [6.07, 6.45) is -0.757. The number of para-hydroxylation sites is 1. The van der Waals surface area contributed by atoms with Crippen molar-refractivity contribution in [3.63, 3.8) is 0 Å². The van der Waals surface area contributed by atoms with Gasteiger partial charge in [-0.05, 0) is 22.9 Å². The molecule has 1 atom stereocenters. The van der Waals surface area contributed by atoms with Crippen molar-refractivity contribution in [2.45, 2.75) is 6.10 Å². The smallest absolute Gasteiger partial charge is 0.142 e. The van der Waals surface area contributed by atoms with Gasteiger partial charge in [-0.2, -0.15) is 0 Å². The van der Waals surface area contributed by atoms with Crippen molar-refractivity contribution >= 4 is 27.1 Å². The highest BCUT2D eigenvalue weighted by molar-refractivity contribution is 7.17. The molecule has 1 aromatic heterocycles. The number of aliphatic hydroxyl groups is 1. The van der Waals surface area contributed by atoms with E-state index in [0.717, 1.165) is 15.6 Å². The van der Waals surface area contributed by atoms with Gasteiger partial charge in [-0.25, -0.2) is 0 Å². The van der Waals surface area contributed by atoms with Crippen LogP contribution in [0, 0.1) is 0 Å². The van der Waals surface area contributed by atoms with Crippen molar-refractivity contribution in [2.24, 2.45) is 0 Å². The number of hydrogen-bond donors (Lipinski definition) is 2. The van der Waals surface area contributed by atoms with Crippen LogP contribution in [0.2, 0.25) is 0 Å². The largest absolute Gasteiger partial charge is 0.495 e. The first-order chi connectivity index (χ1) is 9.72. The monoisotopic (exact) mass is 285 g/mol.